The van der Waals surface area contributed by atoms with Gasteiger partial charge in [0.2, 0.25) is 9.05 Å². The van der Waals surface area contributed by atoms with Crippen molar-refractivity contribution in [3.8, 4) is 0 Å². The first-order chi connectivity index (χ1) is 6.22. The van der Waals surface area contributed by atoms with E-state index in [4.69, 9.17) is 10.7 Å². The van der Waals surface area contributed by atoms with Crippen LogP contribution in [0.25, 0.3) is 0 Å². The van der Waals surface area contributed by atoms with Crippen LogP contribution in [-0.4, -0.2) is 33.6 Å². The van der Waals surface area contributed by atoms with Gasteiger partial charge in [0.25, 0.3) is 0 Å². The molecule has 4 nitrogen and oxygen atoms in total. The van der Waals surface area contributed by atoms with Gasteiger partial charge in [-0.25, -0.2) is 16.8 Å². The Kier molecular flexibility index (Phi) is 3.49. The fraction of sp³-hybridized carbons (Fsp3) is 1.00. The molecular formula is C7H13ClO4S2. The summed E-state index contributed by atoms with van der Waals surface area (Å²) >= 11 is 0. The van der Waals surface area contributed by atoms with Crippen LogP contribution in [-0.2, 0) is 18.9 Å². The van der Waals surface area contributed by atoms with E-state index in [-0.39, 0.29) is 17.4 Å². The van der Waals surface area contributed by atoms with Crippen LogP contribution in [0.15, 0.2) is 0 Å². The van der Waals surface area contributed by atoms with E-state index in [1.165, 1.54) is 6.92 Å². The molecule has 7 heteroatoms. The highest BCUT2D eigenvalue weighted by Crippen LogP contribution is 2.26. The molecule has 1 aliphatic heterocycles. The summed E-state index contributed by atoms with van der Waals surface area (Å²) in [5.41, 5.74) is 0. The second kappa shape index (κ2) is 3.98. The summed E-state index contributed by atoms with van der Waals surface area (Å²) in [6.45, 7) is 1.47. The summed E-state index contributed by atoms with van der Waals surface area (Å²) in [6, 6.07) is 0. The first kappa shape index (κ1) is 12.3. The van der Waals surface area contributed by atoms with E-state index in [1.807, 2.05) is 0 Å². The molecule has 0 saturated carbocycles. The van der Waals surface area contributed by atoms with Crippen molar-refractivity contribution < 1.29 is 16.8 Å². The van der Waals surface area contributed by atoms with Crippen molar-refractivity contribution in [2.24, 2.45) is 5.92 Å². The van der Waals surface area contributed by atoms with Gasteiger partial charge in [0.1, 0.15) is 0 Å². The Morgan fingerprint density at radius 2 is 2.00 bits per heavy atom. The normalized spacial score (nSPS) is 29.7. The number of rotatable bonds is 2. The van der Waals surface area contributed by atoms with E-state index < -0.39 is 24.1 Å². The third-order valence-electron chi connectivity index (χ3n) is 2.61. The monoisotopic (exact) mass is 260 g/mol. The summed E-state index contributed by atoms with van der Waals surface area (Å²) in [5, 5.41) is -0.778. The van der Waals surface area contributed by atoms with Crippen molar-refractivity contribution in [2.45, 2.75) is 25.0 Å². The Hall–Kier alpha value is 0.190. The first-order valence-corrected chi connectivity index (χ1v) is 8.56. The highest BCUT2D eigenvalue weighted by molar-refractivity contribution is 8.14. The van der Waals surface area contributed by atoms with Crippen molar-refractivity contribution in [1.29, 1.82) is 0 Å². The van der Waals surface area contributed by atoms with Crippen LogP contribution in [0.1, 0.15) is 19.8 Å². The van der Waals surface area contributed by atoms with E-state index in [0.29, 0.717) is 12.8 Å². The largest absolute Gasteiger partial charge is 0.235 e. The van der Waals surface area contributed by atoms with Crippen molar-refractivity contribution >= 4 is 29.6 Å². The number of halogens is 1. The summed E-state index contributed by atoms with van der Waals surface area (Å²) < 4.78 is 44.5. The average Bonchev–Trinajstić information content (AvgIpc) is 1.99. The Balaban J connectivity index is 2.81. The smallest absolute Gasteiger partial charge is 0.229 e. The molecule has 0 aromatic carbocycles. The maximum atomic E-state index is 11.3. The number of hydrogen-bond donors (Lipinski definition) is 0. The molecule has 2 atom stereocenters. The minimum absolute atomic E-state index is 0.0554. The molecule has 0 N–H and O–H groups in total. The Morgan fingerprint density at radius 3 is 2.43 bits per heavy atom. The van der Waals surface area contributed by atoms with E-state index in [2.05, 4.69) is 0 Å². The molecule has 1 fully saturated rings. The molecule has 2 unspecified atom stereocenters. The fourth-order valence-electron chi connectivity index (χ4n) is 1.66. The molecule has 0 aromatic rings. The lowest BCUT2D eigenvalue weighted by atomic mass is 10.0. The Bertz CT molecular complexity index is 385. The van der Waals surface area contributed by atoms with Crippen molar-refractivity contribution in [3.05, 3.63) is 0 Å². The molecule has 1 aliphatic rings. The molecule has 0 aromatic heterocycles. The zero-order chi connectivity index (χ0) is 11.0. The maximum absolute atomic E-state index is 11.3. The number of sulfone groups is 1. The summed E-state index contributed by atoms with van der Waals surface area (Å²) in [5.74, 6) is -0.241. The molecule has 84 valence electrons. The van der Waals surface area contributed by atoms with Crippen LogP contribution >= 0.6 is 10.7 Å². The molecule has 0 bridgehead atoms. The lowest BCUT2D eigenvalue weighted by Gasteiger charge is -2.25. The van der Waals surface area contributed by atoms with Crippen molar-refractivity contribution in [1.82, 2.24) is 0 Å². The highest BCUT2D eigenvalue weighted by Gasteiger charge is 2.34. The molecule has 0 radical (unpaired) electrons. The third kappa shape index (κ3) is 3.10. The third-order valence-corrected chi connectivity index (χ3v) is 6.57. The van der Waals surface area contributed by atoms with Crippen LogP contribution < -0.4 is 0 Å². The minimum atomic E-state index is -3.64. The summed E-state index contributed by atoms with van der Waals surface area (Å²) in [6.07, 6.45) is 1.15. The van der Waals surface area contributed by atoms with Gasteiger partial charge in [-0.2, -0.15) is 0 Å². The fourth-order valence-corrected chi connectivity index (χ4v) is 4.79. The van der Waals surface area contributed by atoms with Gasteiger partial charge in [-0.15, -0.1) is 0 Å². The second-order valence-corrected chi connectivity index (χ2v) is 8.91. The molecular weight excluding hydrogens is 248 g/mol. The van der Waals surface area contributed by atoms with Crippen LogP contribution in [0.3, 0.4) is 0 Å². The molecule has 0 spiro atoms. The standard InChI is InChI=1S/C7H13ClO4S2/c1-6(14(8,11)12)7-3-2-4-13(9,10)5-7/h6-7H,2-5H2,1H3. The molecule has 1 rings (SSSR count). The molecule has 1 heterocycles. The van der Waals surface area contributed by atoms with Crippen LogP contribution in [0.2, 0.25) is 0 Å². The SMILES string of the molecule is CC(C1CCCS(=O)(=O)C1)S(=O)(=O)Cl. The maximum Gasteiger partial charge on any atom is 0.235 e. The van der Waals surface area contributed by atoms with Gasteiger partial charge in [0.15, 0.2) is 9.84 Å². The Morgan fingerprint density at radius 1 is 1.43 bits per heavy atom. The predicted octanol–water partition coefficient (Wildman–Crippen LogP) is 0.768. The first-order valence-electron chi connectivity index (χ1n) is 4.36. The molecule has 0 amide bonds. The molecule has 0 aliphatic carbocycles. The minimum Gasteiger partial charge on any atom is -0.229 e. The van der Waals surface area contributed by atoms with Crippen molar-refractivity contribution in [3.63, 3.8) is 0 Å². The van der Waals surface area contributed by atoms with E-state index in [0.717, 1.165) is 0 Å². The van der Waals surface area contributed by atoms with Gasteiger partial charge < -0.3 is 0 Å². The predicted molar refractivity (Wildman–Crippen MR) is 55.6 cm³/mol. The van der Waals surface area contributed by atoms with Gasteiger partial charge in [0.05, 0.1) is 16.8 Å². The summed E-state index contributed by atoms with van der Waals surface area (Å²) in [7, 11) is -1.52. The zero-order valence-corrected chi connectivity index (χ0v) is 10.2. The lowest BCUT2D eigenvalue weighted by Crippen LogP contribution is -2.34. The van der Waals surface area contributed by atoms with Crippen LogP contribution in [0.4, 0.5) is 0 Å². The zero-order valence-electron chi connectivity index (χ0n) is 7.81. The molecule has 14 heavy (non-hydrogen) atoms. The highest BCUT2D eigenvalue weighted by atomic mass is 35.7. The Labute approximate surface area is 89.0 Å². The molecule has 1 saturated heterocycles. The summed E-state index contributed by atoms with van der Waals surface area (Å²) in [4.78, 5) is 0. The lowest BCUT2D eigenvalue weighted by molar-refractivity contribution is 0.468. The average molecular weight is 261 g/mol. The van der Waals surface area contributed by atoms with Gasteiger partial charge in [-0.3, -0.25) is 0 Å². The second-order valence-electron chi connectivity index (χ2n) is 3.70. The van der Waals surface area contributed by atoms with Gasteiger partial charge in [0, 0.05) is 10.7 Å². The van der Waals surface area contributed by atoms with Gasteiger partial charge >= 0.3 is 0 Å². The topological polar surface area (TPSA) is 68.3 Å². The van der Waals surface area contributed by atoms with Gasteiger partial charge in [-0.1, -0.05) is 0 Å². The van der Waals surface area contributed by atoms with E-state index in [1.54, 1.807) is 0 Å². The van der Waals surface area contributed by atoms with Crippen LogP contribution in [0.5, 0.6) is 0 Å². The number of hydrogen-bond acceptors (Lipinski definition) is 4. The van der Waals surface area contributed by atoms with E-state index >= 15 is 0 Å². The van der Waals surface area contributed by atoms with Crippen LogP contribution in [0, 0.1) is 5.92 Å². The van der Waals surface area contributed by atoms with Gasteiger partial charge in [-0.05, 0) is 25.7 Å². The van der Waals surface area contributed by atoms with Crippen molar-refractivity contribution in [2.75, 3.05) is 11.5 Å². The van der Waals surface area contributed by atoms with E-state index in [9.17, 15) is 16.8 Å². The quantitative estimate of drug-likeness (QED) is 0.688.